The molecule has 1 amide bonds. The number of carbonyl (C=O) groups excluding carboxylic acids is 1. The number of thiazole rings is 1. The lowest BCUT2D eigenvalue weighted by Gasteiger charge is -2.23. The maximum Gasteiger partial charge on any atom is 0.273 e. The summed E-state index contributed by atoms with van der Waals surface area (Å²) in [7, 11) is 0. The minimum absolute atomic E-state index is 0.0180. The number of likely N-dealkylation sites (tertiary alicyclic amines) is 1. The molecule has 1 saturated heterocycles. The van der Waals surface area contributed by atoms with E-state index in [1.807, 2.05) is 23.1 Å². The molecule has 0 bridgehead atoms. The van der Waals surface area contributed by atoms with Crippen LogP contribution in [0.4, 0.5) is 0 Å². The predicted octanol–water partition coefficient (Wildman–Crippen LogP) is 2.52. The first-order valence-electron chi connectivity index (χ1n) is 5.96. The van der Waals surface area contributed by atoms with E-state index in [-0.39, 0.29) is 11.9 Å². The predicted molar refractivity (Wildman–Crippen MR) is 69.4 cm³/mol. The summed E-state index contributed by atoms with van der Waals surface area (Å²) in [5.74, 6) is 0.0180. The normalized spacial score (nSPS) is 19.1. The molecule has 92 valence electrons. The Balaban J connectivity index is 1.86. The Bertz CT molecular complexity index is 526. The third kappa shape index (κ3) is 2.01. The Kier molecular flexibility index (Phi) is 3.06. The lowest BCUT2D eigenvalue weighted by atomic mass is 10.1. The number of amides is 1. The number of nitrogens with zero attached hydrogens (tertiary/aromatic N) is 3. The minimum Gasteiger partial charge on any atom is -0.329 e. The second-order valence-electron chi connectivity index (χ2n) is 4.28. The highest BCUT2D eigenvalue weighted by atomic mass is 32.1. The van der Waals surface area contributed by atoms with Crippen molar-refractivity contribution in [2.45, 2.75) is 18.9 Å². The van der Waals surface area contributed by atoms with Crippen LogP contribution in [0, 0.1) is 0 Å². The van der Waals surface area contributed by atoms with Crippen molar-refractivity contribution in [3.8, 4) is 0 Å². The monoisotopic (exact) mass is 259 g/mol. The van der Waals surface area contributed by atoms with Crippen molar-refractivity contribution in [3.63, 3.8) is 0 Å². The highest BCUT2D eigenvalue weighted by Crippen LogP contribution is 2.31. The van der Waals surface area contributed by atoms with Gasteiger partial charge in [-0.05, 0) is 25.0 Å². The smallest absolute Gasteiger partial charge is 0.273 e. The first kappa shape index (κ1) is 11.3. The SMILES string of the molecule is O=C(c1cscn1)N1CCCC1c1ccccn1. The second kappa shape index (κ2) is 4.86. The quantitative estimate of drug-likeness (QED) is 0.832. The molecule has 0 aliphatic carbocycles. The number of hydrogen-bond donors (Lipinski definition) is 0. The molecule has 0 saturated carbocycles. The van der Waals surface area contributed by atoms with Gasteiger partial charge in [-0.15, -0.1) is 11.3 Å². The zero-order chi connectivity index (χ0) is 12.4. The highest BCUT2D eigenvalue weighted by Gasteiger charge is 2.31. The van der Waals surface area contributed by atoms with Crippen LogP contribution in [0.2, 0.25) is 0 Å². The van der Waals surface area contributed by atoms with Crippen LogP contribution in [0.5, 0.6) is 0 Å². The zero-order valence-corrected chi connectivity index (χ0v) is 10.6. The van der Waals surface area contributed by atoms with Gasteiger partial charge in [0.25, 0.3) is 5.91 Å². The summed E-state index contributed by atoms with van der Waals surface area (Å²) in [5, 5.41) is 1.80. The third-order valence-electron chi connectivity index (χ3n) is 3.19. The van der Waals surface area contributed by atoms with Crippen molar-refractivity contribution in [2.75, 3.05) is 6.54 Å². The fourth-order valence-electron chi connectivity index (χ4n) is 2.36. The third-order valence-corrected chi connectivity index (χ3v) is 3.78. The van der Waals surface area contributed by atoms with Crippen molar-refractivity contribution >= 4 is 17.2 Å². The van der Waals surface area contributed by atoms with Gasteiger partial charge in [0.05, 0.1) is 17.2 Å². The largest absolute Gasteiger partial charge is 0.329 e. The van der Waals surface area contributed by atoms with E-state index < -0.39 is 0 Å². The van der Waals surface area contributed by atoms with Gasteiger partial charge in [-0.1, -0.05) is 6.07 Å². The molecule has 4 nitrogen and oxygen atoms in total. The second-order valence-corrected chi connectivity index (χ2v) is 5.00. The van der Waals surface area contributed by atoms with Crippen molar-refractivity contribution in [2.24, 2.45) is 0 Å². The van der Waals surface area contributed by atoms with Gasteiger partial charge in [0.15, 0.2) is 0 Å². The Morgan fingerprint density at radius 3 is 3.06 bits per heavy atom. The Morgan fingerprint density at radius 1 is 1.39 bits per heavy atom. The van der Waals surface area contributed by atoms with Crippen LogP contribution in [-0.4, -0.2) is 27.3 Å². The molecule has 1 unspecified atom stereocenters. The molecule has 1 fully saturated rings. The maximum absolute atomic E-state index is 12.3. The Morgan fingerprint density at radius 2 is 2.33 bits per heavy atom. The minimum atomic E-state index is 0.0180. The van der Waals surface area contributed by atoms with E-state index in [2.05, 4.69) is 9.97 Å². The molecule has 3 heterocycles. The summed E-state index contributed by atoms with van der Waals surface area (Å²) in [5.41, 5.74) is 3.21. The van der Waals surface area contributed by atoms with Gasteiger partial charge in [0.2, 0.25) is 0 Å². The molecule has 5 heteroatoms. The Hall–Kier alpha value is -1.75. The number of carbonyl (C=O) groups is 1. The Labute approximate surface area is 109 Å². The van der Waals surface area contributed by atoms with Gasteiger partial charge in [0.1, 0.15) is 5.69 Å². The van der Waals surface area contributed by atoms with E-state index in [4.69, 9.17) is 0 Å². The summed E-state index contributed by atoms with van der Waals surface area (Å²) in [6, 6.07) is 5.94. The van der Waals surface area contributed by atoms with Crippen molar-refractivity contribution in [3.05, 3.63) is 46.7 Å². The van der Waals surface area contributed by atoms with Crippen LogP contribution in [0.1, 0.15) is 35.1 Å². The molecule has 2 aromatic rings. The molecular weight excluding hydrogens is 246 g/mol. The number of pyridine rings is 1. The summed E-state index contributed by atoms with van der Waals surface area (Å²) < 4.78 is 0. The molecule has 1 atom stereocenters. The van der Waals surface area contributed by atoms with Gasteiger partial charge < -0.3 is 4.90 Å². The first-order valence-corrected chi connectivity index (χ1v) is 6.90. The van der Waals surface area contributed by atoms with Crippen molar-refractivity contribution in [1.82, 2.24) is 14.9 Å². The molecule has 1 aliphatic heterocycles. The summed E-state index contributed by atoms with van der Waals surface area (Å²) in [6.45, 7) is 0.789. The fourth-order valence-corrected chi connectivity index (χ4v) is 2.88. The average Bonchev–Trinajstić information content (AvgIpc) is 3.10. The molecule has 18 heavy (non-hydrogen) atoms. The molecule has 0 spiro atoms. The summed E-state index contributed by atoms with van der Waals surface area (Å²) in [4.78, 5) is 22.7. The van der Waals surface area contributed by atoms with Crippen LogP contribution in [0.3, 0.4) is 0 Å². The van der Waals surface area contributed by atoms with E-state index in [1.54, 1.807) is 17.1 Å². The van der Waals surface area contributed by atoms with Crippen molar-refractivity contribution < 1.29 is 4.79 Å². The number of rotatable bonds is 2. The molecular formula is C13H13N3OS. The van der Waals surface area contributed by atoms with Gasteiger partial charge in [-0.3, -0.25) is 9.78 Å². The number of hydrogen-bond acceptors (Lipinski definition) is 4. The van der Waals surface area contributed by atoms with Crippen LogP contribution in [0.25, 0.3) is 0 Å². The van der Waals surface area contributed by atoms with E-state index in [1.165, 1.54) is 11.3 Å². The van der Waals surface area contributed by atoms with Gasteiger partial charge in [-0.25, -0.2) is 4.98 Å². The lowest BCUT2D eigenvalue weighted by molar-refractivity contribution is 0.0728. The van der Waals surface area contributed by atoms with Crippen LogP contribution >= 0.6 is 11.3 Å². The topological polar surface area (TPSA) is 46.1 Å². The van der Waals surface area contributed by atoms with Gasteiger partial charge in [0, 0.05) is 18.1 Å². The summed E-state index contributed by atoms with van der Waals surface area (Å²) >= 11 is 1.45. The van der Waals surface area contributed by atoms with Gasteiger partial charge >= 0.3 is 0 Å². The zero-order valence-electron chi connectivity index (χ0n) is 9.82. The molecule has 0 radical (unpaired) electrons. The van der Waals surface area contributed by atoms with Crippen LogP contribution in [0.15, 0.2) is 35.3 Å². The molecule has 2 aromatic heterocycles. The fraction of sp³-hybridized carbons (Fsp3) is 0.308. The standard InChI is InChI=1S/C13H13N3OS/c17-13(11-8-18-9-15-11)16-7-3-5-12(16)10-4-1-2-6-14-10/h1-2,4,6,8-9,12H,3,5,7H2. The highest BCUT2D eigenvalue weighted by molar-refractivity contribution is 7.07. The number of aromatic nitrogens is 2. The van der Waals surface area contributed by atoms with E-state index in [9.17, 15) is 4.79 Å². The molecule has 3 rings (SSSR count). The van der Waals surface area contributed by atoms with E-state index >= 15 is 0 Å². The first-order chi connectivity index (χ1) is 8.86. The van der Waals surface area contributed by atoms with Gasteiger partial charge in [-0.2, -0.15) is 0 Å². The van der Waals surface area contributed by atoms with E-state index in [0.29, 0.717) is 5.69 Å². The summed E-state index contributed by atoms with van der Waals surface area (Å²) in [6.07, 6.45) is 3.78. The molecule has 0 N–H and O–H groups in total. The van der Waals surface area contributed by atoms with Crippen molar-refractivity contribution in [1.29, 1.82) is 0 Å². The van der Waals surface area contributed by atoms with E-state index in [0.717, 1.165) is 25.1 Å². The van der Waals surface area contributed by atoms with Crippen LogP contribution < -0.4 is 0 Å². The lowest BCUT2D eigenvalue weighted by Crippen LogP contribution is -2.31. The van der Waals surface area contributed by atoms with Crippen LogP contribution in [-0.2, 0) is 0 Å². The molecule has 1 aliphatic rings. The maximum atomic E-state index is 12.3. The molecule has 0 aromatic carbocycles. The average molecular weight is 259 g/mol.